The van der Waals surface area contributed by atoms with Gasteiger partial charge in [-0.2, -0.15) is 0 Å². The number of ether oxygens (including phenoxy) is 1. The van der Waals surface area contributed by atoms with Crippen molar-refractivity contribution in [1.82, 2.24) is 4.90 Å². The van der Waals surface area contributed by atoms with Crippen molar-refractivity contribution < 1.29 is 9.15 Å². The highest BCUT2D eigenvalue weighted by Crippen LogP contribution is 2.27. The summed E-state index contributed by atoms with van der Waals surface area (Å²) in [6, 6.07) is 5.38. The van der Waals surface area contributed by atoms with E-state index in [2.05, 4.69) is 18.7 Å². The predicted molar refractivity (Wildman–Crippen MR) is 90.1 cm³/mol. The van der Waals surface area contributed by atoms with Crippen LogP contribution in [0.4, 0.5) is 0 Å². The van der Waals surface area contributed by atoms with Crippen LogP contribution in [0.5, 0.6) is 5.75 Å². The molecule has 0 aliphatic heterocycles. The molecule has 120 valence electrons. The van der Waals surface area contributed by atoms with E-state index in [1.807, 2.05) is 19.1 Å². The molecule has 0 aliphatic carbocycles. The number of benzene rings is 1. The zero-order valence-corrected chi connectivity index (χ0v) is 14.1. The molecule has 0 N–H and O–H groups in total. The number of fused-ring (bicyclic) bond motifs is 1. The van der Waals surface area contributed by atoms with E-state index in [0.29, 0.717) is 12.2 Å². The number of rotatable bonds is 7. The Bertz CT molecular complexity index is 692. The van der Waals surface area contributed by atoms with Crippen molar-refractivity contribution in [3.8, 4) is 5.75 Å². The zero-order valence-electron chi connectivity index (χ0n) is 13.3. The maximum Gasteiger partial charge on any atom is 0.355 e. The van der Waals surface area contributed by atoms with E-state index in [4.69, 9.17) is 20.8 Å². The molecule has 2 rings (SSSR count). The van der Waals surface area contributed by atoms with Gasteiger partial charge in [0.05, 0.1) is 6.61 Å². The van der Waals surface area contributed by atoms with E-state index in [-0.39, 0.29) is 5.02 Å². The van der Waals surface area contributed by atoms with Crippen LogP contribution in [0, 0.1) is 6.92 Å². The summed E-state index contributed by atoms with van der Waals surface area (Å²) in [7, 11) is 0. The summed E-state index contributed by atoms with van der Waals surface area (Å²) in [6.45, 7) is 9.97. The molecule has 0 amide bonds. The number of hydrogen-bond donors (Lipinski definition) is 0. The molecular formula is C17H22ClNO3. The Labute approximate surface area is 135 Å². The first-order valence-electron chi connectivity index (χ1n) is 7.65. The first-order valence-corrected chi connectivity index (χ1v) is 8.02. The molecule has 0 spiro atoms. The first kappa shape index (κ1) is 16.8. The van der Waals surface area contributed by atoms with Crippen LogP contribution in [0.2, 0.25) is 5.02 Å². The van der Waals surface area contributed by atoms with Crippen molar-refractivity contribution in [1.29, 1.82) is 0 Å². The SMILES string of the molecule is CCN(CC)CCCOc1ccc2cc(Cl)c(=O)oc2c1C. The van der Waals surface area contributed by atoms with E-state index < -0.39 is 5.63 Å². The molecule has 0 unspecified atom stereocenters. The average Bonchev–Trinajstić information content (AvgIpc) is 2.51. The lowest BCUT2D eigenvalue weighted by Gasteiger charge is -2.18. The van der Waals surface area contributed by atoms with Gasteiger partial charge in [0.15, 0.2) is 0 Å². The summed E-state index contributed by atoms with van der Waals surface area (Å²) in [5, 5.41) is 0.900. The van der Waals surface area contributed by atoms with E-state index >= 15 is 0 Å². The van der Waals surface area contributed by atoms with Crippen LogP contribution in [-0.4, -0.2) is 31.1 Å². The Morgan fingerprint density at radius 2 is 2.00 bits per heavy atom. The lowest BCUT2D eigenvalue weighted by molar-refractivity contribution is 0.248. The summed E-state index contributed by atoms with van der Waals surface area (Å²) >= 11 is 5.80. The molecule has 2 aromatic rings. The van der Waals surface area contributed by atoms with Gasteiger partial charge in [-0.3, -0.25) is 0 Å². The van der Waals surface area contributed by atoms with Crippen LogP contribution in [0.3, 0.4) is 0 Å². The van der Waals surface area contributed by atoms with Gasteiger partial charge >= 0.3 is 5.63 Å². The minimum atomic E-state index is -0.518. The van der Waals surface area contributed by atoms with Gasteiger partial charge in [-0.1, -0.05) is 25.4 Å². The molecule has 1 heterocycles. The number of halogens is 1. The van der Waals surface area contributed by atoms with Gasteiger partial charge in [-0.15, -0.1) is 0 Å². The van der Waals surface area contributed by atoms with Crippen molar-refractivity contribution in [2.75, 3.05) is 26.2 Å². The third-order valence-corrected chi connectivity index (χ3v) is 4.09. The zero-order chi connectivity index (χ0) is 16.1. The van der Waals surface area contributed by atoms with E-state index in [9.17, 15) is 4.79 Å². The minimum absolute atomic E-state index is 0.0970. The van der Waals surface area contributed by atoms with Crippen molar-refractivity contribution in [3.63, 3.8) is 0 Å². The fourth-order valence-corrected chi connectivity index (χ4v) is 2.60. The maximum atomic E-state index is 11.6. The quantitative estimate of drug-likeness (QED) is 0.573. The van der Waals surface area contributed by atoms with Crippen LogP contribution in [-0.2, 0) is 0 Å². The van der Waals surface area contributed by atoms with Gasteiger partial charge in [-0.25, -0.2) is 4.79 Å². The highest BCUT2D eigenvalue weighted by atomic mass is 35.5. The van der Waals surface area contributed by atoms with Crippen LogP contribution in [0.1, 0.15) is 25.8 Å². The smallest absolute Gasteiger partial charge is 0.355 e. The highest BCUT2D eigenvalue weighted by Gasteiger charge is 2.10. The maximum absolute atomic E-state index is 11.6. The van der Waals surface area contributed by atoms with Crippen molar-refractivity contribution in [2.45, 2.75) is 27.2 Å². The molecule has 0 atom stereocenters. The average molecular weight is 324 g/mol. The molecule has 0 fully saturated rings. The van der Waals surface area contributed by atoms with E-state index in [1.54, 1.807) is 6.07 Å². The normalized spacial score (nSPS) is 11.3. The molecule has 0 saturated heterocycles. The minimum Gasteiger partial charge on any atom is -0.493 e. The van der Waals surface area contributed by atoms with Crippen LogP contribution < -0.4 is 10.4 Å². The van der Waals surface area contributed by atoms with Crippen LogP contribution in [0.25, 0.3) is 11.0 Å². The largest absolute Gasteiger partial charge is 0.493 e. The summed E-state index contributed by atoms with van der Waals surface area (Å²) in [6.07, 6.45) is 0.962. The second kappa shape index (κ2) is 7.65. The van der Waals surface area contributed by atoms with Gasteiger partial charge in [0.25, 0.3) is 0 Å². The van der Waals surface area contributed by atoms with E-state index in [0.717, 1.165) is 42.8 Å². The Morgan fingerprint density at radius 1 is 1.27 bits per heavy atom. The molecule has 22 heavy (non-hydrogen) atoms. The van der Waals surface area contributed by atoms with Gasteiger partial charge in [-0.05, 0) is 44.6 Å². The number of aryl methyl sites for hydroxylation is 1. The Hall–Kier alpha value is -1.52. The molecule has 0 radical (unpaired) electrons. The van der Waals surface area contributed by atoms with Crippen molar-refractivity contribution in [3.05, 3.63) is 39.2 Å². The molecular weight excluding hydrogens is 302 g/mol. The summed E-state index contributed by atoms with van der Waals surface area (Å²) in [4.78, 5) is 13.9. The van der Waals surface area contributed by atoms with Crippen LogP contribution in [0.15, 0.2) is 27.4 Å². The van der Waals surface area contributed by atoms with Crippen LogP contribution >= 0.6 is 11.6 Å². The predicted octanol–water partition coefficient (Wildman–Crippen LogP) is 3.87. The van der Waals surface area contributed by atoms with Gasteiger partial charge in [0.1, 0.15) is 16.4 Å². The Balaban J connectivity index is 2.07. The van der Waals surface area contributed by atoms with Crippen molar-refractivity contribution >= 4 is 22.6 Å². The molecule has 0 aliphatic rings. The lowest BCUT2D eigenvalue weighted by Crippen LogP contribution is -2.25. The monoisotopic (exact) mass is 323 g/mol. The van der Waals surface area contributed by atoms with Crippen molar-refractivity contribution in [2.24, 2.45) is 0 Å². The second-order valence-electron chi connectivity index (χ2n) is 5.22. The number of hydrogen-bond acceptors (Lipinski definition) is 4. The van der Waals surface area contributed by atoms with Gasteiger partial charge < -0.3 is 14.1 Å². The van der Waals surface area contributed by atoms with E-state index in [1.165, 1.54) is 0 Å². The third kappa shape index (κ3) is 3.81. The number of nitrogens with zero attached hydrogens (tertiary/aromatic N) is 1. The second-order valence-corrected chi connectivity index (χ2v) is 5.62. The summed E-state index contributed by atoms with van der Waals surface area (Å²) in [5.74, 6) is 0.748. The van der Waals surface area contributed by atoms with Gasteiger partial charge in [0.2, 0.25) is 0 Å². The molecule has 0 saturated carbocycles. The molecule has 5 heteroatoms. The molecule has 4 nitrogen and oxygen atoms in total. The summed E-state index contributed by atoms with van der Waals surface area (Å²) in [5.41, 5.74) is 0.848. The standard InChI is InChI=1S/C17H22ClNO3/c1-4-19(5-2)9-6-10-21-15-8-7-13-11-14(18)17(20)22-16(13)12(15)3/h7-8,11H,4-6,9-10H2,1-3H3. The first-order chi connectivity index (χ1) is 10.6. The Kier molecular flexibility index (Phi) is 5.86. The fourth-order valence-electron chi connectivity index (χ4n) is 2.45. The molecule has 1 aromatic heterocycles. The topological polar surface area (TPSA) is 42.7 Å². The molecule has 0 bridgehead atoms. The van der Waals surface area contributed by atoms with Gasteiger partial charge in [0, 0.05) is 17.5 Å². The third-order valence-electron chi connectivity index (χ3n) is 3.83. The fraction of sp³-hybridized carbons (Fsp3) is 0.471. The Morgan fingerprint density at radius 3 is 2.68 bits per heavy atom. The lowest BCUT2D eigenvalue weighted by atomic mass is 10.1. The highest BCUT2D eigenvalue weighted by molar-refractivity contribution is 6.30. The summed E-state index contributed by atoms with van der Waals surface area (Å²) < 4.78 is 11.1. The molecule has 1 aromatic carbocycles.